The lowest BCUT2D eigenvalue weighted by atomic mass is 10.0. The van der Waals surface area contributed by atoms with E-state index in [2.05, 4.69) is 40.1 Å². The fraction of sp³-hybridized carbons (Fsp3) is 0.294. The summed E-state index contributed by atoms with van der Waals surface area (Å²) in [7, 11) is 0. The summed E-state index contributed by atoms with van der Waals surface area (Å²) in [5.74, 6) is 3.06. The summed E-state index contributed by atoms with van der Waals surface area (Å²) in [4.78, 5) is 28.3. The summed E-state index contributed by atoms with van der Waals surface area (Å²) in [6.45, 7) is 3.66. The van der Waals surface area contributed by atoms with Crippen molar-refractivity contribution in [2.24, 2.45) is 0 Å². The number of aryl methyl sites for hydroxylation is 1. The zero-order valence-corrected chi connectivity index (χ0v) is 13.9. The third-order valence-electron chi connectivity index (χ3n) is 4.10. The van der Waals surface area contributed by atoms with E-state index in [4.69, 9.17) is 0 Å². The molecule has 1 aliphatic rings. The van der Waals surface area contributed by atoms with Crippen molar-refractivity contribution >= 4 is 17.7 Å². The molecule has 1 fully saturated rings. The van der Waals surface area contributed by atoms with Crippen LogP contribution in [-0.2, 0) is 0 Å². The number of nitrogens with zero attached hydrogens (tertiary/aromatic N) is 7. The fourth-order valence-corrected chi connectivity index (χ4v) is 2.98. The molecule has 0 saturated carbocycles. The van der Waals surface area contributed by atoms with E-state index >= 15 is 0 Å². The molecule has 0 amide bonds. The van der Waals surface area contributed by atoms with Gasteiger partial charge in [0.15, 0.2) is 0 Å². The second-order valence-electron chi connectivity index (χ2n) is 5.90. The average molecular weight is 334 g/mol. The molecular formula is C17H18N8. The Balaban J connectivity index is 1.53. The Hall–Kier alpha value is -3.16. The Bertz CT molecular complexity index is 840. The van der Waals surface area contributed by atoms with Gasteiger partial charge < -0.3 is 10.2 Å². The number of rotatable bonds is 4. The van der Waals surface area contributed by atoms with Crippen LogP contribution in [0.15, 0.2) is 43.0 Å². The van der Waals surface area contributed by atoms with E-state index < -0.39 is 0 Å². The van der Waals surface area contributed by atoms with Crippen LogP contribution in [0.25, 0.3) is 0 Å². The van der Waals surface area contributed by atoms with Gasteiger partial charge in [-0.25, -0.2) is 29.9 Å². The molecule has 1 N–H and O–H groups in total. The summed E-state index contributed by atoms with van der Waals surface area (Å²) >= 11 is 0. The predicted molar refractivity (Wildman–Crippen MR) is 93.7 cm³/mol. The van der Waals surface area contributed by atoms with Crippen molar-refractivity contribution in [3.63, 3.8) is 0 Å². The lowest BCUT2D eigenvalue weighted by Gasteiger charge is -2.16. The molecule has 0 bridgehead atoms. The van der Waals surface area contributed by atoms with Crippen LogP contribution in [0.5, 0.6) is 0 Å². The van der Waals surface area contributed by atoms with Gasteiger partial charge in [-0.3, -0.25) is 0 Å². The van der Waals surface area contributed by atoms with Crippen LogP contribution in [0.1, 0.15) is 23.9 Å². The van der Waals surface area contributed by atoms with Crippen LogP contribution in [0.4, 0.5) is 17.7 Å². The minimum absolute atomic E-state index is 0.322. The molecule has 0 unspecified atom stereocenters. The second-order valence-corrected chi connectivity index (χ2v) is 5.90. The van der Waals surface area contributed by atoms with Crippen molar-refractivity contribution in [2.75, 3.05) is 23.3 Å². The molecule has 126 valence electrons. The average Bonchev–Trinajstić information content (AvgIpc) is 3.13. The van der Waals surface area contributed by atoms with Gasteiger partial charge in [0.2, 0.25) is 11.9 Å². The Labute approximate surface area is 145 Å². The van der Waals surface area contributed by atoms with Gasteiger partial charge in [0.05, 0.1) is 5.69 Å². The standard InChI is InChI=1S/C17H18N8/c1-12-22-14(10-15(23-12)24-16-18-5-2-6-19-16)13-4-9-25(11-13)17-20-7-3-8-21-17/h2-3,5-8,10,13H,4,9,11H2,1H3,(H,18,19,22,23,24)/t13-/m1/s1. The lowest BCUT2D eigenvalue weighted by Crippen LogP contribution is -2.21. The van der Waals surface area contributed by atoms with Crippen molar-refractivity contribution in [3.05, 3.63) is 54.5 Å². The molecule has 0 aliphatic carbocycles. The maximum atomic E-state index is 4.63. The Morgan fingerprint density at radius 3 is 2.48 bits per heavy atom. The second kappa shape index (κ2) is 6.76. The first-order chi connectivity index (χ1) is 12.3. The van der Waals surface area contributed by atoms with E-state index in [0.717, 1.165) is 37.0 Å². The SMILES string of the molecule is Cc1nc(Nc2ncccn2)cc([C@@H]2CCN(c3ncccn3)C2)n1. The van der Waals surface area contributed by atoms with Crippen LogP contribution in [0, 0.1) is 6.92 Å². The zero-order valence-electron chi connectivity index (χ0n) is 13.9. The molecule has 3 aromatic rings. The number of nitrogens with one attached hydrogen (secondary N) is 1. The monoisotopic (exact) mass is 334 g/mol. The van der Waals surface area contributed by atoms with Gasteiger partial charge in [0.1, 0.15) is 11.6 Å². The molecule has 0 aromatic carbocycles. The Kier molecular flexibility index (Phi) is 4.16. The zero-order chi connectivity index (χ0) is 17.1. The van der Waals surface area contributed by atoms with E-state index in [0.29, 0.717) is 17.7 Å². The number of aromatic nitrogens is 6. The van der Waals surface area contributed by atoms with Crippen LogP contribution >= 0.6 is 0 Å². The number of hydrogen-bond acceptors (Lipinski definition) is 8. The maximum Gasteiger partial charge on any atom is 0.228 e. The van der Waals surface area contributed by atoms with Crippen molar-refractivity contribution in [1.29, 1.82) is 0 Å². The molecule has 8 nitrogen and oxygen atoms in total. The van der Waals surface area contributed by atoms with Gasteiger partial charge in [-0.05, 0) is 25.5 Å². The summed E-state index contributed by atoms with van der Waals surface area (Å²) in [6, 6.07) is 5.58. The first-order valence-corrected chi connectivity index (χ1v) is 8.19. The fourth-order valence-electron chi connectivity index (χ4n) is 2.98. The Morgan fingerprint density at radius 2 is 1.72 bits per heavy atom. The first kappa shape index (κ1) is 15.4. The molecule has 1 aliphatic heterocycles. The van der Waals surface area contributed by atoms with Gasteiger partial charge in [-0.2, -0.15) is 0 Å². The van der Waals surface area contributed by atoms with E-state index in [1.807, 2.05) is 19.1 Å². The smallest absolute Gasteiger partial charge is 0.228 e. The number of hydrogen-bond donors (Lipinski definition) is 1. The molecular weight excluding hydrogens is 316 g/mol. The third kappa shape index (κ3) is 3.52. The highest BCUT2D eigenvalue weighted by molar-refractivity contribution is 5.48. The van der Waals surface area contributed by atoms with Crippen LogP contribution in [0.3, 0.4) is 0 Å². The molecule has 1 saturated heterocycles. The lowest BCUT2D eigenvalue weighted by molar-refractivity contribution is 0.732. The van der Waals surface area contributed by atoms with Gasteiger partial charge in [-0.1, -0.05) is 0 Å². The predicted octanol–water partition coefficient (Wildman–Crippen LogP) is 2.10. The van der Waals surface area contributed by atoms with E-state index in [-0.39, 0.29) is 0 Å². The van der Waals surface area contributed by atoms with Crippen molar-refractivity contribution in [1.82, 2.24) is 29.9 Å². The molecule has 0 radical (unpaired) electrons. The molecule has 4 heterocycles. The van der Waals surface area contributed by atoms with E-state index in [9.17, 15) is 0 Å². The normalized spacial score (nSPS) is 16.8. The van der Waals surface area contributed by atoms with Crippen LogP contribution in [-0.4, -0.2) is 43.0 Å². The highest BCUT2D eigenvalue weighted by atomic mass is 15.3. The molecule has 0 spiro atoms. The first-order valence-electron chi connectivity index (χ1n) is 8.19. The van der Waals surface area contributed by atoms with Crippen molar-refractivity contribution < 1.29 is 0 Å². The Morgan fingerprint density at radius 1 is 1.00 bits per heavy atom. The topological polar surface area (TPSA) is 92.6 Å². The molecule has 1 atom stereocenters. The molecule has 3 aromatic heterocycles. The summed E-state index contributed by atoms with van der Waals surface area (Å²) in [6.07, 6.45) is 7.94. The highest BCUT2D eigenvalue weighted by Crippen LogP contribution is 2.29. The third-order valence-corrected chi connectivity index (χ3v) is 4.10. The number of anilines is 3. The van der Waals surface area contributed by atoms with Crippen molar-refractivity contribution in [2.45, 2.75) is 19.3 Å². The summed E-state index contributed by atoms with van der Waals surface area (Å²) in [5, 5.41) is 3.14. The quantitative estimate of drug-likeness (QED) is 0.775. The molecule has 8 heteroatoms. The van der Waals surface area contributed by atoms with Gasteiger partial charge >= 0.3 is 0 Å². The maximum absolute atomic E-state index is 4.63. The largest absolute Gasteiger partial charge is 0.340 e. The van der Waals surface area contributed by atoms with Gasteiger partial charge in [-0.15, -0.1) is 0 Å². The van der Waals surface area contributed by atoms with Gasteiger partial charge in [0, 0.05) is 49.9 Å². The van der Waals surface area contributed by atoms with Gasteiger partial charge in [0.25, 0.3) is 0 Å². The van der Waals surface area contributed by atoms with Crippen LogP contribution < -0.4 is 10.2 Å². The van der Waals surface area contributed by atoms with E-state index in [1.165, 1.54) is 0 Å². The highest BCUT2D eigenvalue weighted by Gasteiger charge is 2.27. The summed E-state index contributed by atoms with van der Waals surface area (Å²) in [5.41, 5.74) is 1.02. The van der Waals surface area contributed by atoms with E-state index in [1.54, 1.807) is 30.9 Å². The summed E-state index contributed by atoms with van der Waals surface area (Å²) < 4.78 is 0. The van der Waals surface area contributed by atoms with Crippen molar-refractivity contribution in [3.8, 4) is 0 Å². The molecule has 25 heavy (non-hydrogen) atoms. The molecule has 4 rings (SSSR count). The van der Waals surface area contributed by atoms with Crippen LogP contribution in [0.2, 0.25) is 0 Å². The minimum Gasteiger partial charge on any atom is -0.340 e. The minimum atomic E-state index is 0.322.